The van der Waals surface area contributed by atoms with Crippen LogP contribution < -0.4 is 0 Å². The Morgan fingerprint density at radius 2 is 1.79 bits per heavy atom. The molecule has 0 radical (unpaired) electrons. The van der Waals surface area contributed by atoms with Crippen molar-refractivity contribution in [3.63, 3.8) is 0 Å². The second kappa shape index (κ2) is 3.35. The predicted molar refractivity (Wildman–Crippen MR) is 38.7 cm³/mol. The summed E-state index contributed by atoms with van der Waals surface area (Å²) in [5.41, 5.74) is 0. The van der Waals surface area contributed by atoms with Gasteiger partial charge in [-0.3, -0.25) is 4.55 Å². The third kappa shape index (κ3) is 1.80. The van der Waals surface area contributed by atoms with Crippen LogP contribution >= 0.6 is 0 Å². The van der Waals surface area contributed by atoms with Gasteiger partial charge in [-0.05, 0) is 6.08 Å². The van der Waals surface area contributed by atoms with Gasteiger partial charge in [0.2, 0.25) is 0 Å². The Morgan fingerprint density at radius 1 is 1.29 bits per heavy atom. The van der Waals surface area contributed by atoms with Gasteiger partial charge >= 0.3 is 0 Å². The lowest BCUT2D eigenvalue weighted by atomic mass is 10.1. The summed E-state index contributed by atoms with van der Waals surface area (Å²) in [6.45, 7) is 0. The summed E-state index contributed by atoms with van der Waals surface area (Å²) in [6, 6.07) is 0. The van der Waals surface area contributed by atoms with Crippen LogP contribution in [0.4, 0.5) is 17.6 Å². The summed E-state index contributed by atoms with van der Waals surface area (Å²) in [5.74, 6) is -3.95. The number of hydrogen-bond donors (Lipinski definition) is 1. The van der Waals surface area contributed by atoms with Crippen LogP contribution in [-0.4, -0.2) is 25.3 Å². The van der Waals surface area contributed by atoms with Crippen molar-refractivity contribution in [3.05, 3.63) is 22.6 Å². The first-order valence-corrected chi connectivity index (χ1v) is 4.72. The first-order chi connectivity index (χ1) is 6.25. The van der Waals surface area contributed by atoms with E-state index in [4.69, 9.17) is 4.55 Å². The molecular formula is C6H4F4O3S. The molecule has 2 atom stereocenters. The van der Waals surface area contributed by atoms with Crippen molar-refractivity contribution in [1.29, 1.82) is 0 Å². The Balaban J connectivity index is 3.37. The van der Waals surface area contributed by atoms with E-state index in [1.54, 1.807) is 0 Å². The fourth-order valence-electron chi connectivity index (χ4n) is 0.936. The number of allylic oxidation sites excluding steroid dienone is 4. The minimum Gasteiger partial charge on any atom is -0.282 e. The van der Waals surface area contributed by atoms with Crippen molar-refractivity contribution in [2.75, 3.05) is 0 Å². The Labute approximate surface area is 76.5 Å². The average Bonchev–Trinajstić information content (AvgIpc) is 1.98. The lowest BCUT2D eigenvalue weighted by Crippen LogP contribution is -2.27. The van der Waals surface area contributed by atoms with Crippen LogP contribution in [0.15, 0.2) is 22.6 Å². The molecule has 14 heavy (non-hydrogen) atoms. The van der Waals surface area contributed by atoms with Crippen molar-refractivity contribution in [3.8, 4) is 0 Å². The zero-order valence-electron chi connectivity index (χ0n) is 6.42. The molecular weight excluding hydrogens is 228 g/mol. The van der Waals surface area contributed by atoms with E-state index in [1.165, 1.54) is 0 Å². The monoisotopic (exact) mass is 232 g/mol. The highest BCUT2D eigenvalue weighted by atomic mass is 32.2. The van der Waals surface area contributed by atoms with Crippen LogP contribution in [0.25, 0.3) is 0 Å². The van der Waals surface area contributed by atoms with Gasteiger partial charge in [0.25, 0.3) is 10.1 Å². The van der Waals surface area contributed by atoms with Gasteiger partial charge in [0.1, 0.15) is 4.91 Å². The van der Waals surface area contributed by atoms with E-state index >= 15 is 0 Å². The number of rotatable bonds is 1. The molecule has 0 aromatic rings. The molecule has 0 aromatic heterocycles. The van der Waals surface area contributed by atoms with E-state index in [9.17, 15) is 26.0 Å². The molecule has 0 saturated carbocycles. The molecule has 8 heteroatoms. The van der Waals surface area contributed by atoms with Gasteiger partial charge in [-0.2, -0.15) is 8.42 Å². The van der Waals surface area contributed by atoms with Crippen LogP contribution in [0.2, 0.25) is 0 Å². The van der Waals surface area contributed by atoms with Crippen LogP contribution in [-0.2, 0) is 10.1 Å². The maximum Gasteiger partial charge on any atom is 0.296 e. The van der Waals surface area contributed by atoms with Gasteiger partial charge in [0, 0.05) is 0 Å². The third-order valence-corrected chi connectivity index (χ3v) is 2.50. The quantitative estimate of drug-likeness (QED) is 0.551. The number of hydrogen-bond acceptors (Lipinski definition) is 2. The van der Waals surface area contributed by atoms with Crippen molar-refractivity contribution in [2.45, 2.75) is 12.3 Å². The summed E-state index contributed by atoms with van der Waals surface area (Å²) in [5, 5.41) is 0. The van der Waals surface area contributed by atoms with E-state index < -0.39 is 39.0 Å². The summed E-state index contributed by atoms with van der Waals surface area (Å²) < 4.78 is 79.3. The molecule has 0 bridgehead atoms. The second-order valence-electron chi connectivity index (χ2n) is 2.51. The maximum atomic E-state index is 12.7. The van der Waals surface area contributed by atoms with Crippen molar-refractivity contribution in [2.24, 2.45) is 0 Å². The van der Waals surface area contributed by atoms with Gasteiger partial charge in [0.15, 0.2) is 24.0 Å². The topological polar surface area (TPSA) is 54.4 Å². The molecule has 1 aliphatic rings. The number of halogens is 4. The molecule has 2 unspecified atom stereocenters. The van der Waals surface area contributed by atoms with Crippen LogP contribution in [0, 0.1) is 0 Å². The van der Waals surface area contributed by atoms with E-state index in [1.807, 2.05) is 0 Å². The van der Waals surface area contributed by atoms with E-state index in [2.05, 4.69) is 0 Å². The number of alkyl halides is 2. The maximum absolute atomic E-state index is 12.7. The lowest BCUT2D eigenvalue weighted by molar-refractivity contribution is 0.228. The molecule has 0 fully saturated rings. The van der Waals surface area contributed by atoms with Gasteiger partial charge in [-0.15, -0.1) is 0 Å². The fourth-order valence-corrected chi connectivity index (χ4v) is 1.67. The van der Waals surface area contributed by atoms with Gasteiger partial charge < -0.3 is 0 Å². The molecule has 3 nitrogen and oxygen atoms in total. The SMILES string of the molecule is O=S(=O)(O)C1=C(F)C(F)=CC(F)C1F. The predicted octanol–water partition coefficient (Wildman–Crippen LogP) is 1.60. The van der Waals surface area contributed by atoms with E-state index in [0.29, 0.717) is 0 Å². The molecule has 0 aromatic carbocycles. The van der Waals surface area contributed by atoms with Crippen LogP contribution in [0.3, 0.4) is 0 Å². The first kappa shape index (κ1) is 11.2. The highest BCUT2D eigenvalue weighted by molar-refractivity contribution is 7.89. The van der Waals surface area contributed by atoms with Crippen LogP contribution in [0.1, 0.15) is 0 Å². The van der Waals surface area contributed by atoms with Crippen LogP contribution in [0.5, 0.6) is 0 Å². The molecule has 0 spiro atoms. The summed E-state index contributed by atoms with van der Waals surface area (Å²) in [4.78, 5) is -1.91. The van der Waals surface area contributed by atoms with Crippen molar-refractivity contribution in [1.82, 2.24) is 0 Å². The molecule has 1 aliphatic carbocycles. The molecule has 0 saturated heterocycles. The Morgan fingerprint density at radius 3 is 2.21 bits per heavy atom. The zero-order chi connectivity index (χ0) is 11.1. The molecule has 0 amide bonds. The Bertz CT molecular complexity index is 411. The first-order valence-electron chi connectivity index (χ1n) is 3.28. The highest BCUT2D eigenvalue weighted by Crippen LogP contribution is 2.33. The van der Waals surface area contributed by atoms with Gasteiger partial charge in [-0.25, -0.2) is 17.6 Å². The lowest BCUT2D eigenvalue weighted by Gasteiger charge is -2.17. The Hall–Kier alpha value is -0.890. The minimum atomic E-state index is -5.28. The largest absolute Gasteiger partial charge is 0.296 e. The minimum absolute atomic E-state index is 0.0469. The summed E-state index contributed by atoms with van der Waals surface area (Å²) >= 11 is 0. The third-order valence-electron chi connectivity index (χ3n) is 1.54. The summed E-state index contributed by atoms with van der Waals surface area (Å²) in [7, 11) is -5.28. The smallest absolute Gasteiger partial charge is 0.282 e. The Kier molecular flexibility index (Phi) is 2.68. The van der Waals surface area contributed by atoms with Gasteiger partial charge in [0.05, 0.1) is 0 Å². The standard InChI is InChI=1S/C6H4F4O3S/c7-2-1-3(8)5(10)6(4(2)9)14(11,12)13/h1-2,4H,(H,11,12,13). The molecule has 80 valence electrons. The van der Waals surface area contributed by atoms with E-state index in [0.717, 1.165) is 0 Å². The highest BCUT2D eigenvalue weighted by Gasteiger charge is 2.39. The zero-order valence-corrected chi connectivity index (χ0v) is 7.23. The van der Waals surface area contributed by atoms with Crippen molar-refractivity contribution < 1.29 is 30.5 Å². The molecule has 0 heterocycles. The average molecular weight is 232 g/mol. The molecule has 1 N–H and O–H groups in total. The second-order valence-corrected chi connectivity index (χ2v) is 3.90. The van der Waals surface area contributed by atoms with E-state index in [-0.39, 0.29) is 6.08 Å². The summed E-state index contributed by atoms with van der Waals surface area (Å²) in [6.07, 6.45) is -5.61. The fraction of sp³-hybridized carbons (Fsp3) is 0.333. The van der Waals surface area contributed by atoms with Gasteiger partial charge in [-0.1, -0.05) is 0 Å². The normalized spacial score (nSPS) is 29.1. The van der Waals surface area contributed by atoms with Crippen molar-refractivity contribution >= 4 is 10.1 Å². The molecule has 1 rings (SSSR count). The molecule has 0 aliphatic heterocycles.